The van der Waals surface area contributed by atoms with E-state index in [0.29, 0.717) is 17.4 Å². The molecule has 0 spiro atoms. The second-order valence-corrected chi connectivity index (χ2v) is 6.77. The molecule has 0 aliphatic carbocycles. The van der Waals surface area contributed by atoms with Crippen molar-refractivity contribution in [2.75, 3.05) is 18.6 Å². The average molecular weight is 309 g/mol. The first-order chi connectivity index (χ1) is 9.63. The molecule has 0 amide bonds. The van der Waals surface area contributed by atoms with Gasteiger partial charge in [0.25, 0.3) is 0 Å². The summed E-state index contributed by atoms with van der Waals surface area (Å²) in [5, 5.41) is 2.32. The molecule has 0 saturated heterocycles. The van der Waals surface area contributed by atoms with Crippen molar-refractivity contribution in [1.82, 2.24) is 4.98 Å². The monoisotopic (exact) mass is 309 g/mol. The summed E-state index contributed by atoms with van der Waals surface area (Å²) in [5.41, 5.74) is 7.42. The van der Waals surface area contributed by atoms with E-state index in [-0.39, 0.29) is 10.5 Å². The van der Waals surface area contributed by atoms with Gasteiger partial charge in [-0.05, 0) is 25.3 Å². The number of thioether (sulfide) groups is 1. The maximum absolute atomic E-state index is 11.6. The number of hydrogen-bond donors (Lipinski definition) is 1. The Kier molecular flexibility index (Phi) is 5.03. The largest absolute Gasteiger partial charge is 0.461 e. The van der Waals surface area contributed by atoms with E-state index in [4.69, 9.17) is 10.5 Å². The Balaban J connectivity index is 2.14. The molecule has 2 rings (SSSR count). The van der Waals surface area contributed by atoms with Crippen LogP contribution >= 0.6 is 22.2 Å². The van der Waals surface area contributed by atoms with Gasteiger partial charge in [-0.2, -0.15) is 4.98 Å². The van der Waals surface area contributed by atoms with Gasteiger partial charge >= 0.3 is 11.1 Å². The molecule has 1 aromatic heterocycles. The quantitative estimate of drug-likeness (QED) is 0.521. The molecule has 1 aromatic carbocycles. The van der Waals surface area contributed by atoms with Gasteiger partial charge in [0.05, 0.1) is 6.61 Å². The summed E-state index contributed by atoms with van der Waals surface area (Å²) >= 11 is 1.71. The molecule has 106 valence electrons. The molecular weight excluding hydrogens is 292 g/mol. The predicted molar refractivity (Wildman–Crippen MR) is 84.4 cm³/mol. The summed E-state index contributed by atoms with van der Waals surface area (Å²) in [4.78, 5) is 17.0. The normalized spacial score (nSPS) is 11.4. The third-order valence-electron chi connectivity index (χ3n) is 2.72. The van der Waals surface area contributed by atoms with Gasteiger partial charge in [-0.25, -0.2) is 4.79 Å². The number of carbonyl (C=O) groups excluding carboxylic acids is 1. The molecule has 0 saturated carbocycles. The number of esters is 1. The van der Waals surface area contributed by atoms with Gasteiger partial charge in [0, 0.05) is 20.9 Å². The van der Waals surface area contributed by atoms with Gasteiger partial charge in [0.1, 0.15) is 0 Å². The Morgan fingerprint density at radius 1 is 1.40 bits per heavy atom. The highest BCUT2D eigenvalue weighted by Gasteiger charge is 2.22. The maximum atomic E-state index is 11.6. The molecule has 1 atom stereocenters. The second-order valence-electron chi connectivity index (χ2n) is 4.09. The van der Waals surface area contributed by atoms with E-state index in [0.717, 1.165) is 5.75 Å². The molecule has 0 fully saturated rings. The van der Waals surface area contributed by atoms with Crippen LogP contribution in [0.4, 0.5) is 5.13 Å². The van der Waals surface area contributed by atoms with Crippen LogP contribution in [-0.2, 0) is 10.5 Å². The van der Waals surface area contributed by atoms with Gasteiger partial charge in [-0.15, -0.1) is 11.8 Å². The van der Waals surface area contributed by atoms with E-state index in [1.165, 1.54) is 10.5 Å². The molecule has 0 radical (unpaired) electrons. The lowest BCUT2D eigenvalue weighted by Crippen LogP contribution is -2.04. The number of nitrogen functional groups attached to an aromatic ring is 1. The molecule has 4 nitrogen and oxygen atoms in total. The van der Waals surface area contributed by atoms with Crippen LogP contribution in [0.15, 0.2) is 34.5 Å². The van der Waals surface area contributed by atoms with Gasteiger partial charge in [0.2, 0.25) is 5.69 Å². The SMILES string of the molecule is CCOC(=O)c1c[s+](Cc2ccc(SC)cc2)c(N)n1. The molecule has 1 unspecified atom stereocenters. The summed E-state index contributed by atoms with van der Waals surface area (Å²) in [6.45, 7) is 2.11. The first kappa shape index (κ1) is 14.9. The lowest BCUT2D eigenvalue weighted by Gasteiger charge is -1.97. The van der Waals surface area contributed by atoms with E-state index < -0.39 is 5.97 Å². The van der Waals surface area contributed by atoms with Crippen LogP contribution in [0.5, 0.6) is 0 Å². The Bertz CT molecular complexity index is 594. The van der Waals surface area contributed by atoms with Gasteiger partial charge < -0.3 is 10.5 Å². The highest BCUT2D eigenvalue weighted by atomic mass is 32.2. The smallest absolute Gasteiger partial charge is 0.362 e. The van der Waals surface area contributed by atoms with E-state index >= 15 is 0 Å². The number of aromatic nitrogens is 1. The number of hydrogen-bond acceptors (Lipinski definition) is 5. The van der Waals surface area contributed by atoms with Crippen LogP contribution in [0.1, 0.15) is 23.0 Å². The zero-order valence-electron chi connectivity index (χ0n) is 11.5. The second kappa shape index (κ2) is 6.76. The fourth-order valence-electron chi connectivity index (χ4n) is 1.71. The van der Waals surface area contributed by atoms with E-state index in [9.17, 15) is 4.79 Å². The Morgan fingerprint density at radius 2 is 2.10 bits per heavy atom. The zero-order chi connectivity index (χ0) is 14.5. The highest BCUT2D eigenvalue weighted by Crippen LogP contribution is 2.31. The summed E-state index contributed by atoms with van der Waals surface area (Å²) in [7, 11) is -0.328. The van der Waals surface area contributed by atoms with Crippen molar-refractivity contribution in [3.05, 3.63) is 40.9 Å². The van der Waals surface area contributed by atoms with Gasteiger partial charge in [-0.1, -0.05) is 12.1 Å². The number of carbonyl (C=O) groups is 1. The summed E-state index contributed by atoms with van der Waals surface area (Å²) in [5.74, 6) is 0.371. The molecule has 6 heteroatoms. The molecule has 0 bridgehead atoms. The van der Waals surface area contributed by atoms with E-state index in [2.05, 4.69) is 29.2 Å². The Hall–Kier alpha value is -1.53. The minimum Gasteiger partial charge on any atom is -0.461 e. The maximum Gasteiger partial charge on any atom is 0.362 e. The zero-order valence-corrected chi connectivity index (χ0v) is 13.1. The number of anilines is 1. The van der Waals surface area contributed by atoms with Crippen LogP contribution < -0.4 is 5.73 Å². The minimum absolute atomic E-state index is 0.327. The highest BCUT2D eigenvalue weighted by molar-refractivity contribution is 7.98. The van der Waals surface area contributed by atoms with Crippen LogP contribution in [0.3, 0.4) is 0 Å². The summed E-state index contributed by atoms with van der Waals surface area (Å²) < 4.78 is 4.93. The fourth-order valence-corrected chi connectivity index (χ4v) is 3.66. The number of benzene rings is 1. The summed E-state index contributed by atoms with van der Waals surface area (Å²) in [6, 6.07) is 8.34. The molecule has 2 N–H and O–H groups in total. The number of rotatable bonds is 5. The number of thiazole rings is 1. The molecule has 2 aromatic rings. The Labute approximate surface area is 125 Å². The predicted octanol–water partition coefficient (Wildman–Crippen LogP) is 3.36. The van der Waals surface area contributed by atoms with Gasteiger partial charge in [-0.3, -0.25) is 0 Å². The number of nitrogens with zero attached hydrogens (tertiary/aromatic N) is 1. The van der Waals surface area contributed by atoms with E-state index in [1.807, 2.05) is 11.6 Å². The molecule has 0 aliphatic rings. The molecule has 20 heavy (non-hydrogen) atoms. The average Bonchev–Trinajstić information content (AvgIpc) is 2.81. The van der Waals surface area contributed by atoms with Crippen LogP contribution in [-0.4, -0.2) is 23.8 Å². The van der Waals surface area contributed by atoms with Gasteiger partial charge in [0.15, 0.2) is 11.1 Å². The first-order valence-corrected chi connectivity index (χ1v) is 8.88. The van der Waals surface area contributed by atoms with Crippen LogP contribution in [0, 0.1) is 0 Å². The van der Waals surface area contributed by atoms with E-state index in [1.54, 1.807) is 18.7 Å². The third-order valence-corrected chi connectivity index (χ3v) is 5.24. The topological polar surface area (TPSA) is 65.2 Å². The molecular formula is C14H17N2O2S2+. The Morgan fingerprint density at radius 3 is 2.70 bits per heavy atom. The van der Waals surface area contributed by atoms with Crippen molar-refractivity contribution >= 4 is 33.3 Å². The van der Waals surface area contributed by atoms with Crippen molar-refractivity contribution in [2.24, 2.45) is 0 Å². The van der Waals surface area contributed by atoms with Crippen molar-refractivity contribution < 1.29 is 9.53 Å². The number of ether oxygens (including phenoxy) is 1. The van der Waals surface area contributed by atoms with Crippen LogP contribution in [0.2, 0.25) is 0 Å². The molecule has 0 aliphatic heterocycles. The van der Waals surface area contributed by atoms with Crippen molar-refractivity contribution in [1.29, 1.82) is 0 Å². The molecule has 1 heterocycles. The summed E-state index contributed by atoms with van der Waals surface area (Å²) in [6.07, 6.45) is 2.05. The van der Waals surface area contributed by atoms with Crippen LogP contribution in [0.25, 0.3) is 0 Å². The van der Waals surface area contributed by atoms with Crippen molar-refractivity contribution in [3.8, 4) is 0 Å². The lowest BCUT2D eigenvalue weighted by atomic mass is 10.2. The fraction of sp³-hybridized carbons (Fsp3) is 0.286. The number of nitrogens with two attached hydrogens (primary N) is 1. The lowest BCUT2D eigenvalue weighted by molar-refractivity contribution is 0.0520. The van der Waals surface area contributed by atoms with Crippen molar-refractivity contribution in [3.63, 3.8) is 0 Å². The first-order valence-electron chi connectivity index (χ1n) is 6.19. The minimum atomic E-state index is -0.400. The van der Waals surface area contributed by atoms with Crippen molar-refractivity contribution in [2.45, 2.75) is 17.6 Å². The standard InChI is InChI=1S/C14H17N2O2S2/c1-3-18-13(17)12-9-20(14(15)16-12)8-10-4-6-11(19-2)7-5-10/h4-7,9H,3,8H2,1-2H3,(H2,15,16)/q+1. The third kappa shape index (κ3) is 3.52.